The number of nitrogens with zero attached hydrogens (tertiary/aromatic N) is 1. The van der Waals surface area contributed by atoms with Gasteiger partial charge in [-0.15, -0.1) is 5.06 Å². The third kappa shape index (κ3) is 2.14. The Morgan fingerprint density at radius 3 is 2.43 bits per heavy atom. The van der Waals surface area contributed by atoms with Crippen molar-refractivity contribution in [1.29, 1.82) is 0 Å². The van der Waals surface area contributed by atoms with Gasteiger partial charge in [-0.2, -0.15) is 8.42 Å². The number of amides is 2. The maximum absolute atomic E-state index is 12.0. The van der Waals surface area contributed by atoms with Gasteiger partial charge in [0, 0.05) is 5.39 Å². The second-order valence-corrected chi connectivity index (χ2v) is 6.16. The molecule has 0 radical (unpaired) electrons. The van der Waals surface area contributed by atoms with E-state index in [1.165, 1.54) is 18.2 Å². The molecule has 2 aromatic rings. The predicted molar refractivity (Wildman–Crippen MR) is 71.7 cm³/mol. The van der Waals surface area contributed by atoms with Crippen molar-refractivity contribution in [2.45, 2.75) is 0 Å². The van der Waals surface area contributed by atoms with E-state index in [9.17, 15) is 23.2 Å². The minimum Gasteiger partial charge on any atom is -0.383 e. The van der Waals surface area contributed by atoms with Gasteiger partial charge in [-0.25, -0.2) is 0 Å². The van der Waals surface area contributed by atoms with E-state index in [0.29, 0.717) is 10.8 Å². The number of hydrogen-bond acceptors (Lipinski definition) is 6. The lowest BCUT2D eigenvalue weighted by molar-refractivity contribution is -0.0377. The van der Waals surface area contributed by atoms with E-state index >= 15 is 0 Å². The Kier molecular flexibility index (Phi) is 2.75. The summed E-state index contributed by atoms with van der Waals surface area (Å²) in [6, 6.07) is 7.25. The van der Waals surface area contributed by atoms with Crippen LogP contribution in [0, 0.1) is 0 Å². The van der Waals surface area contributed by atoms with Crippen LogP contribution in [-0.4, -0.2) is 36.8 Å². The zero-order chi connectivity index (χ0) is 15.4. The number of benzene rings is 2. The van der Waals surface area contributed by atoms with E-state index in [2.05, 4.69) is 0 Å². The van der Waals surface area contributed by atoms with Gasteiger partial charge in [0.05, 0.1) is 17.4 Å². The van der Waals surface area contributed by atoms with Crippen molar-refractivity contribution in [3.8, 4) is 5.75 Å². The van der Waals surface area contributed by atoms with Crippen molar-refractivity contribution in [1.82, 2.24) is 5.06 Å². The Morgan fingerprint density at radius 2 is 1.76 bits per heavy atom. The molecule has 0 bridgehead atoms. The lowest BCUT2D eigenvalue weighted by Gasteiger charge is -2.22. The van der Waals surface area contributed by atoms with Gasteiger partial charge in [0.15, 0.2) is 0 Å². The molecule has 0 saturated carbocycles. The Bertz CT molecular complexity index is 902. The normalized spacial score (nSPS) is 14.7. The van der Waals surface area contributed by atoms with Crippen molar-refractivity contribution in [2.24, 2.45) is 0 Å². The van der Waals surface area contributed by atoms with Crippen LogP contribution in [0.2, 0.25) is 0 Å². The molecule has 1 N–H and O–H groups in total. The Labute approximate surface area is 119 Å². The molecular weight excluding hydrogens is 298 g/mol. The maximum Gasteiger partial charge on any atom is 0.306 e. The molecule has 2 aromatic carbocycles. The standard InChI is InChI=1S/C13H9NO6S/c1-21(18,19)20-8-5-7-3-2-4-9-11(7)10(6-8)13(16)14(17)12(9)15/h2-6,17H,1H3. The number of rotatable bonds is 2. The van der Waals surface area contributed by atoms with Crippen LogP contribution in [0.4, 0.5) is 0 Å². The minimum atomic E-state index is -3.76. The fourth-order valence-electron chi connectivity index (χ4n) is 2.29. The topological polar surface area (TPSA) is 101 Å². The Morgan fingerprint density at radius 1 is 1.10 bits per heavy atom. The van der Waals surface area contributed by atoms with Crippen LogP contribution in [-0.2, 0) is 10.1 Å². The molecule has 0 unspecified atom stereocenters. The summed E-state index contributed by atoms with van der Waals surface area (Å²) in [7, 11) is -3.76. The summed E-state index contributed by atoms with van der Waals surface area (Å²) in [5.41, 5.74) is 0.166. The van der Waals surface area contributed by atoms with Crippen molar-refractivity contribution >= 4 is 32.7 Å². The van der Waals surface area contributed by atoms with E-state index in [0.717, 1.165) is 6.26 Å². The van der Waals surface area contributed by atoms with Crippen molar-refractivity contribution in [3.05, 3.63) is 41.5 Å². The third-order valence-corrected chi connectivity index (χ3v) is 3.54. The number of carbonyl (C=O) groups is 2. The van der Waals surface area contributed by atoms with Gasteiger partial charge >= 0.3 is 10.1 Å². The largest absolute Gasteiger partial charge is 0.383 e. The number of hydrogen-bond donors (Lipinski definition) is 1. The van der Waals surface area contributed by atoms with Gasteiger partial charge in [0.1, 0.15) is 5.75 Å². The highest BCUT2D eigenvalue weighted by molar-refractivity contribution is 7.86. The van der Waals surface area contributed by atoms with Crippen LogP contribution >= 0.6 is 0 Å². The summed E-state index contributed by atoms with van der Waals surface area (Å²) in [5, 5.41) is 10.4. The van der Waals surface area contributed by atoms with Crippen molar-refractivity contribution in [2.75, 3.05) is 6.26 Å². The van der Waals surface area contributed by atoms with Crippen LogP contribution in [0.25, 0.3) is 10.8 Å². The van der Waals surface area contributed by atoms with Gasteiger partial charge in [0.25, 0.3) is 11.8 Å². The minimum absolute atomic E-state index is 0.00132. The Balaban J connectivity index is 2.34. The number of carbonyl (C=O) groups excluding carboxylic acids is 2. The second-order valence-electron chi connectivity index (χ2n) is 4.58. The first-order valence-electron chi connectivity index (χ1n) is 5.82. The molecule has 0 saturated heterocycles. The van der Waals surface area contributed by atoms with E-state index in [1.807, 2.05) is 0 Å². The summed E-state index contributed by atoms with van der Waals surface area (Å²) in [5.74, 6) is -1.81. The predicted octanol–water partition coefficient (Wildman–Crippen LogP) is 1.16. The summed E-state index contributed by atoms with van der Waals surface area (Å²) in [4.78, 5) is 23.8. The first-order chi connectivity index (χ1) is 9.78. The molecule has 108 valence electrons. The fraction of sp³-hybridized carbons (Fsp3) is 0.0769. The summed E-state index contributed by atoms with van der Waals surface area (Å²) < 4.78 is 27.1. The van der Waals surface area contributed by atoms with E-state index < -0.39 is 21.9 Å². The molecule has 0 atom stereocenters. The Hall–Kier alpha value is -2.45. The molecule has 0 aromatic heterocycles. The SMILES string of the molecule is CS(=O)(=O)Oc1cc2c3c(cccc3c1)C(=O)N(O)C2=O. The summed E-state index contributed by atoms with van der Waals surface area (Å²) >= 11 is 0. The molecule has 1 aliphatic rings. The molecule has 3 rings (SSSR count). The smallest absolute Gasteiger partial charge is 0.306 e. The average molecular weight is 307 g/mol. The zero-order valence-corrected chi connectivity index (χ0v) is 11.5. The molecular formula is C13H9NO6S. The maximum atomic E-state index is 12.0. The molecule has 21 heavy (non-hydrogen) atoms. The highest BCUT2D eigenvalue weighted by Gasteiger charge is 2.32. The van der Waals surface area contributed by atoms with Crippen molar-refractivity contribution < 1.29 is 27.4 Å². The number of imide groups is 1. The first kappa shape index (κ1) is 13.5. The number of hydroxylamine groups is 2. The van der Waals surface area contributed by atoms with Gasteiger partial charge in [-0.1, -0.05) is 12.1 Å². The van der Waals surface area contributed by atoms with E-state index in [4.69, 9.17) is 4.18 Å². The van der Waals surface area contributed by atoms with E-state index in [1.54, 1.807) is 12.1 Å². The highest BCUT2D eigenvalue weighted by atomic mass is 32.2. The van der Waals surface area contributed by atoms with Crippen LogP contribution in [0.1, 0.15) is 20.7 Å². The van der Waals surface area contributed by atoms with Gasteiger partial charge in [-0.05, 0) is 23.6 Å². The van der Waals surface area contributed by atoms with Crippen molar-refractivity contribution in [3.63, 3.8) is 0 Å². The van der Waals surface area contributed by atoms with Crippen LogP contribution in [0.3, 0.4) is 0 Å². The second kappa shape index (κ2) is 4.27. The van der Waals surface area contributed by atoms with Gasteiger partial charge in [0.2, 0.25) is 0 Å². The summed E-state index contributed by atoms with van der Waals surface area (Å²) in [6.45, 7) is 0. The van der Waals surface area contributed by atoms with Gasteiger partial charge in [-0.3, -0.25) is 14.8 Å². The third-order valence-electron chi connectivity index (χ3n) is 3.04. The van der Waals surface area contributed by atoms with E-state index in [-0.39, 0.29) is 21.9 Å². The fourth-order valence-corrected chi connectivity index (χ4v) is 2.74. The molecule has 0 spiro atoms. The van der Waals surface area contributed by atoms with Crippen LogP contribution < -0.4 is 4.18 Å². The summed E-state index contributed by atoms with van der Waals surface area (Å²) in [6.07, 6.45) is 0.878. The average Bonchev–Trinajstić information content (AvgIpc) is 2.40. The molecule has 0 fully saturated rings. The quantitative estimate of drug-likeness (QED) is 0.507. The molecule has 0 aliphatic carbocycles. The van der Waals surface area contributed by atoms with Crippen LogP contribution in [0.5, 0.6) is 5.75 Å². The lowest BCUT2D eigenvalue weighted by Crippen LogP contribution is -2.37. The lowest BCUT2D eigenvalue weighted by atomic mass is 9.95. The monoisotopic (exact) mass is 307 g/mol. The highest BCUT2D eigenvalue weighted by Crippen LogP contribution is 2.33. The molecule has 1 aliphatic heterocycles. The molecule has 2 amide bonds. The zero-order valence-electron chi connectivity index (χ0n) is 10.7. The molecule has 8 heteroatoms. The molecule has 7 nitrogen and oxygen atoms in total. The van der Waals surface area contributed by atoms with Crippen LogP contribution in [0.15, 0.2) is 30.3 Å². The van der Waals surface area contributed by atoms with Gasteiger partial charge < -0.3 is 4.18 Å². The first-order valence-corrected chi connectivity index (χ1v) is 7.63. The molecule has 1 heterocycles.